The number of aryl methyl sites for hydroxylation is 1. The molecule has 0 saturated carbocycles. The van der Waals surface area contributed by atoms with Crippen molar-refractivity contribution >= 4 is 10.9 Å². The Bertz CT molecular complexity index is 529. The summed E-state index contributed by atoms with van der Waals surface area (Å²) in [4.78, 5) is 4.50. The summed E-state index contributed by atoms with van der Waals surface area (Å²) in [5, 5.41) is 1.22. The van der Waals surface area contributed by atoms with Gasteiger partial charge >= 0.3 is 0 Å². The standard InChI is InChI=1S/C15H20N2/c1-11-7-12-5-4-6-17-14(12)13(8-11)9-15(2,3)10-16/h4-8H,9-10,16H2,1-3H3. The molecule has 0 atom stereocenters. The number of pyridine rings is 1. The maximum absolute atomic E-state index is 5.82. The molecule has 0 unspecified atom stereocenters. The number of nitrogens with two attached hydrogens (primary N) is 1. The van der Waals surface area contributed by atoms with Crippen LogP contribution < -0.4 is 5.73 Å². The highest BCUT2D eigenvalue weighted by atomic mass is 14.7. The Hall–Kier alpha value is -1.41. The average molecular weight is 228 g/mol. The van der Waals surface area contributed by atoms with E-state index in [-0.39, 0.29) is 5.41 Å². The summed E-state index contributed by atoms with van der Waals surface area (Å²) < 4.78 is 0. The molecule has 0 saturated heterocycles. The van der Waals surface area contributed by atoms with Crippen molar-refractivity contribution in [1.82, 2.24) is 4.98 Å². The van der Waals surface area contributed by atoms with Gasteiger partial charge in [-0.2, -0.15) is 0 Å². The van der Waals surface area contributed by atoms with Crippen molar-refractivity contribution in [2.24, 2.45) is 11.1 Å². The second-order valence-electron chi connectivity index (χ2n) is 5.54. The van der Waals surface area contributed by atoms with Gasteiger partial charge in [0, 0.05) is 11.6 Å². The van der Waals surface area contributed by atoms with Crippen LogP contribution in [-0.2, 0) is 6.42 Å². The van der Waals surface area contributed by atoms with E-state index in [1.165, 1.54) is 16.5 Å². The third-order valence-corrected chi connectivity index (χ3v) is 3.15. The minimum atomic E-state index is 0.123. The fourth-order valence-electron chi connectivity index (χ4n) is 2.16. The van der Waals surface area contributed by atoms with Crippen molar-refractivity contribution in [1.29, 1.82) is 0 Å². The molecule has 90 valence electrons. The van der Waals surface area contributed by atoms with Gasteiger partial charge in [0.1, 0.15) is 0 Å². The van der Waals surface area contributed by atoms with Crippen LogP contribution in [-0.4, -0.2) is 11.5 Å². The van der Waals surface area contributed by atoms with Crippen LogP contribution in [0.15, 0.2) is 30.5 Å². The summed E-state index contributed by atoms with van der Waals surface area (Å²) in [7, 11) is 0. The Kier molecular flexibility index (Phi) is 3.16. The van der Waals surface area contributed by atoms with Gasteiger partial charge in [-0.05, 0) is 43.0 Å². The van der Waals surface area contributed by atoms with Crippen molar-refractivity contribution in [2.75, 3.05) is 6.54 Å². The van der Waals surface area contributed by atoms with Crippen LogP contribution >= 0.6 is 0 Å². The monoisotopic (exact) mass is 228 g/mol. The lowest BCUT2D eigenvalue weighted by Gasteiger charge is -2.23. The summed E-state index contributed by atoms with van der Waals surface area (Å²) >= 11 is 0. The minimum absolute atomic E-state index is 0.123. The molecule has 0 spiro atoms. The van der Waals surface area contributed by atoms with Crippen LogP contribution in [0.25, 0.3) is 10.9 Å². The minimum Gasteiger partial charge on any atom is -0.330 e. The molecule has 0 aliphatic heterocycles. The Morgan fingerprint density at radius 1 is 1.29 bits per heavy atom. The number of fused-ring (bicyclic) bond motifs is 1. The first-order chi connectivity index (χ1) is 8.02. The first-order valence-corrected chi connectivity index (χ1v) is 6.06. The second kappa shape index (κ2) is 4.46. The lowest BCUT2D eigenvalue weighted by atomic mass is 9.85. The summed E-state index contributed by atoms with van der Waals surface area (Å²) in [6.45, 7) is 7.22. The highest BCUT2D eigenvalue weighted by Gasteiger charge is 2.18. The molecular formula is C15H20N2. The molecule has 0 amide bonds. The highest BCUT2D eigenvalue weighted by molar-refractivity contribution is 5.82. The van der Waals surface area contributed by atoms with Gasteiger partial charge in [-0.1, -0.05) is 31.5 Å². The zero-order chi connectivity index (χ0) is 12.5. The van der Waals surface area contributed by atoms with Gasteiger partial charge in [-0.3, -0.25) is 4.98 Å². The Morgan fingerprint density at radius 3 is 2.76 bits per heavy atom. The maximum atomic E-state index is 5.82. The maximum Gasteiger partial charge on any atom is 0.0734 e. The van der Waals surface area contributed by atoms with E-state index in [1.54, 1.807) is 0 Å². The summed E-state index contributed by atoms with van der Waals surface area (Å²) in [5.41, 5.74) is 9.64. The van der Waals surface area contributed by atoms with E-state index in [0.29, 0.717) is 6.54 Å². The molecule has 17 heavy (non-hydrogen) atoms. The molecule has 2 aromatic rings. The third-order valence-electron chi connectivity index (χ3n) is 3.15. The van der Waals surface area contributed by atoms with Crippen molar-refractivity contribution in [3.8, 4) is 0 Å². The van der Waals surface area contributed by atoms with Crippen molar-refractivity contribution in [3.63, 3.8) is 0 Å². The van der Waals surface area contributed by atoms with Crippen LogP contribution in [0.3, 0.4) is 0 Å². The zero-order valence-electron chi connectivity index (χ0n) is 10.8. The average Bonchev–Trinajstić information content (AvgIpc) is 2.28. The van der Waals surface area contributed by atoms with Crippen LogP contribution in [0.5, 0.6) is 0 Å². The number of rotatable bonds is 3. The summed E-state index contributed by atoms with van der Waals surface area (Å²) in [6, 6.07) is 8.52. The van der Waals surface area contributed by atoms with Gasteiger partial charge in [0.15, 0.2) is 0 Å². The molecule has 2 nitrogen and oxygen atoms in total. The molecule has 0 aliphatic carbocycles. The number of aromatic nitrogens is 1. The largest absolute Gasteiger partial charge is 0.330 e. The normalized spacial score (nSPS) is 12.0. The number of benzene rings is 1. The molecule has 2 N–H and O–H groups in total. The Labute approximate surface area is 103 Å². The summed E-state index contributed by atoms with van der Waals surface area (Å²) in [6.07, 6.45) is 2.83. The molecule has 1 heterocycles. The van der Waals surface area contributed by atoms with Gasteiger partial charge in [0.25, 0.3) is 0 Å². The second-order valence-corrected chi connectivity index (χ2v) is 5.54. The molecular weight excluding hydrogens is 208 g/mol. The van der Waals surface area contributed by atoms with Crippen molar-refractivity contribution in [3.05, 3.63) is 41.6 Å². The van der Waals surface area contributed by atoms with Crippen LogP contribution in [0, 0.1) is 12.3 Å². The third kappa shape index (κ3) is 2.64. The molecule has 0 fully saturated rings. The smallest absolute Gasteiger partial charge is 0.0734 e. The number of nitrogens with zero attached hydrogens (tertiary/aromatic N) is 1. The van der Waals surface area contributed by atoms with E-state index < -0.39 is 0 Å². The fraction of sp³-hybridized carbons (Fsp3) is 0.400. The lowest BCUT2D eigenvalue weighted by molar-refractivity contribution is 0.377. The van der Waals surface area contributed by atoms with E-state index in [0.717, 1.165) is 11.9 Å². The van der Waals surface area contributed by atoms with Gasteiger partial charge in [0.05, 0.1) is 5.52 Å². The van der Waals surface area contributed by atoms with Crippen molar-refractivity contribution < 1.29 is 0 Å². The lowest BCUT2D eigenvalue weighted by Crippen LogP contribution is -2.26. The SMILES string of the molecule is Cc1cc(CC(C)(C)CN)c2ncccc2c1. The molecule has 0 bridgehead atoms. The molecule has 1 aromatic heterocycles. The van der Waals surface area contributed by atoms with E-state index in [1.807, 2.05) is 12.3 Å². The first-order valence-electron chi connectivity index (χ1n) is 6.06. The predicted octanol–water partition coefficient (Wildman–Crippen LogP) is 3.07. The Balaban J connectivity index is 2.53. The fourth-order valence-corrected chi connectivity index (χ4v) is 2.16. The molecule has 0 aliphatic rings. The first kappa shape index (κ1) is 12.1. The van der Waals surface area contributed by atoms with E-state index >= 15 is 0 Å². The molecule has 2 heteroatoms. The quantitative estimate of drug-likeness (QED) is 0.876. The van der Waals surface area contributed by atoms with Crippen LogP contribution in [0.4, 0.5) is 0 Å². The van der Waals surface area contributed by atoms with Gasteiger partial charge in [-0.25, -0.2) is 0 Å². The highest BCUT2D eigenvalue weighted by Crippen LogP contribution is 2.26. The number of hydrogen-bond acceptors (Lipinski definition) is 2. The number of hydrogen-bond donors (Lipinski definition) is 1. The van der Waals surface area contributed by atoms with Crippen LogP contribution in [0.2, 0.25) is 0 Å². The van der Waals surface area contributed by atoms with Gasteiger partial charge < -0.3 is 5.73 Å². The van der Waals surface area contributed by atoms with E-state index in [2.05, 4.69) is 44.0 Å². The molecule has 1 aromatic carbocycles. The van der Waals surface area contributed by atoms with Crippen molar-refractivity contribution in [2.45, 2.75) is 27.2 Å². The van der Waals surface area contributed by atoms with E-state index in [4.69, 9.17) is 5.73 Å². The summed E-state index contributed by atoms with van der Waals surface area (Å²) in [5.74, 6) is 0. The van der Waals surface area contributed by atoms with Crippen LogP contribution in [0.1, 0.15) is 25.0 Å². The molecule has 2 rings (SSSR count). The van der Waals surface area contributed by atoms with Gasteiger partial charge in [-0.15, -0.1) is 0 Å². The van der Waals surface area contributed by atoms with Gasteiger partial charge in [0.2, 0.25) is 0 Å². The predicted molar refractivity (Wildman–Crippen MR) is 73.0 cm³/mol. The Morgan fingerprint density at radius 2 is 2.06 bits per heavy atom. The van der Waals surface area contributed by atoms with E-state index in [9.17, 15) is 0 Å². The topological polar surface area (TPSA) is 38.9 Å². The molecule has 0 radical (unpaired) electrons. The zero-order valence-corrected chi connectivity index (χ0v) is 10.8.